The Kier molecular flexibility index (Phi) is 10.8. The van der Waals surface area contributed by atoms with Gasteiger partial charge in [-0.1, -0.05) is 145 Å². The minimum absolute atomic E-state index is 0.489. The molecular formula is C63H44N6. The molecule has 9 aromatic carbocycles. The van der Waals surface area contributed by atoms with E-state index in [1.54, 1.807) is 0 Å². The molecule has 0 aliphatic carbocycles. The summed E-state index contributed by atoms with van der Waals surface area (Å²) in [6.45, 7) is 8.62. The van der Waals surface area contributed by atoms with Crippen LogP contribution in [0.15, 0.2) is 194 Å². The van der Waals surface area contributed by atoms with Crippen LogP contribution < -0.4 is 0 Å². The number of fused-ring (bicyclic) bond motifs is 3. The Morgan fingerprint density at radius 1 is 0.348 bits per heavy atom. The first-order valence-corrected chi connectivity index (χ1v) is 23.0. The average Bonchev–Trinajstić information content (AvgIpc) is 3.71. The van der Waals surface area contributed by atoms with E-state index in [4.69, 9.17) is 15.0 Å². The van der Waals surface area contributed by atoms with Crippen LogP contribution >= 0.6 is 0 Å². The predicted octanol–water partition coefficient (Wildman–Crippen LogP) is 15.6. The van der Waals surface area contributed by atoms with Crippen molar-refractivity contribution in [2.45, 2.75) is 27.7 Å². The quantitative estimate of drug-likeness (QED) is 0.152. The molecule has 0 aliphatic rings. The topological polar surface area (TPSA) is 91.2 Å². The molecule has 2 aromatic heterocycles. The largest absolute Gasteiger partial charge is 0.308 e. The lowest BCUT2D eigenvalue weighted by molar-refractivity contribution is 1.07. The van der Waals surface area contributed by atoms with Crippen LogP contribution in [0.3, 0.4) is 0 Å². The third-order valence-corrected chi connectivity index (χ3v) is 13.0. The Hall–Kier alpha value is -9.23. The van der Waals surface area contributed by atoms with Crippen molar-refractivity contribution in [3.05, 3.63) is 228 Å². The van der Waals surface area contributed by atoms with Gasteiger partial charge in [-0.2, -0.15) is 10.5 Å². The lowest BCUT2D eigenvalue weighted by atomic mass is 9.91. The maximum Gasteiger partial charge on any atom is 0.164 e. The molecule has 0 spiro atoms. The fourth-order valence-corrected chi connectivity index (χ4v) is 9.77. The lowest BCUT2D eigenvalue weighted by Crippen LogP contribution is -2.04. The molecule has 0 atom stereocenters. The van der Waals surface area contributed by atoms with Crippen LogP contribution in [0.4, 0.5) is 0 Å². The van der Waals surface area contributed by atoms with E-state index in [-0.39, 0.29) is 0 Å². The van der Waals surface area contributed by atoms with Crippen LogP contribution in [0, 0.1) is 50.4 Å². The highest BCUT2D eigenvalue weighted by Gasteiger charge is 2.25. The standard InChI is InChI=1S/C63H44N6/c1-39-21-25-52(41(3)29-39)49-23-27-58-56(33-49)57-34-50(53-26-22-40(2)30-42(53)4)24-28-59(57)69(58)60-54(47-19-11-13-43(31-47)37-64)35-51(36-55(60)48-20-12-14-44(32-48)38-65)63-67-61(45-15-7-5-8-16-45)66-62(68-63)46-17-9-6-10-18-46/h5-36H,1-4H3. The Morgan fingerprint density at radius 3 is 1.17 bits per heavy atom. The molecule has 0 amide bonds. The van der Waals surface area contributed by atoms with Crippen LogP contribution in [0.25, 0.3) is 106 Å². The van der Waals surface area contributed by atoms with Gasteiger partial charge in [0.05, 0.1) is 40.0 Å². The molecule has 6 nitrogen and oxygen atoms in total. The second-order valence-electron chi connectivity index (χ2n) is 17.8. The average molecular weight is 885 g/mol. The minimum Gasteiger partial charge on any atom is -0.308 e. The summed E-state index contributed by atoms with van der Waals surface area (Å²) in [5.41, 5.74) is 19.4. The number of nitriles is 2. The molecule has 0 unspecified atom stereocenters. The Bertz CT molecular complexity index is 3660. The number of benzene rings is 9. The lowest BCUT2D eigenvalue weighted by Gasteiger charge is -2.21. The third-order valence-electron chi connectivity index (χ3n) is 13.0. The van der Waals surface area contributed by atoms with E-state index in [9.17, 15) is 10.5 Å². The normalized spacial score (nSPS) is 11.2. The summed E-state index contributed by atoms with van der Waals surface area (Å²) in [6, 6.07) is 71.4. The summed E-state index contributed by atoms with van der Waals surface area (Å²) in [4.78, 5) is 15.4. The van der Waals surface area contributed by atoms with Gasteiger partial charge < -0.3 is 4.57 Å². The molecule has 2 heterocycles. The van der Waals surface area contributed by atoms with Gasteiger partial charge in [0.2, 0.25) is 0 Å². The number of hydrogen-bond acceptors (Lipinski definition) is 5. The van der Waals surface area contributed by atoms with Gasteiger partial charge in [-0.3, -0.25) is 0 Å². The number of aromatic nitrogens is 4. The Labute approximate surface area is 401 Å². The van der Waals surface area contributed by atoms with Gasteiger partial charge >= 0.3 is 0 Å². The van der Waals surface area contributed by atoms with Gasteiger partial charge in [0.15, 0.2) is 17.5 Å². The van der Waals surface area contributed by atoms with Crippen molar-refractivity contribution in [2.24, 2.45) is 0 Å². The first kappa shape index (κ1) is 42.4. The zero-order valence-electron chi connectivity index (χ0n) is 38.7. The Balaban J connectivity index is 1.27. The summed E-state index contributed by atoms with van der Waals surface area (Å²) in [5.74, 6) is 1.58. The minimum atomic E-state index is 0.489. The van der Waals surface area contributed by atoms with E-state index in [2.05, 4.69) is 141 Å². The number of nitrogens with zero attached hydrogens (tertiary/aromatic N) is 6. The highest BCUT2D eigenvalue weighted by molar-refractivity contribution is 6.13. The van der Waals surface area contributed by atoms with Gasteiger partial charge in [0.25, 0.3) is 0 Å². The van der Waals surface area contributed by atoms with Crippen LogP contribution in [-0.4, -0.2) is 19.5 Å². The van der Waals surface area contributed by atoms with Crippen LogP contribution in [0.1, 0.15) is 33.4 Å². The molecule has 0 fully saturated rings. The van der Waals surface area contributed by atoms with Crippen LogP contribution in [0.2, 0.25) is 0 Å². The van der Waals surface area contributed by atoms with Crippen molar-refractivity contribution in [3.8, 4) is 96.5 Å². The van der Waals surface area contributed by atoms with Gasteiger partial charge in [0, 0.05) is 38.6 Å². The predicted molar refractivity (Wildman–Crippen MR) is 281 cm³/mol. The number of hydrogen-bond donors (Lipinski definition) is 0. The fourth-order valence-electron chi connectivity index (χ4n) is 9.77. The van der Waals surface area contributed by atoms with Crippen molar-refractivity contribution < 1.29 is 0 Å². The Morgan fingerprint density at radius 2 is 0.754 bits per heavy atom. The summed E-state index contributed by atoms with van der Waals surface area (Å²) < 4.78 is 2.37. The molecule has 6 heteroatoms. The maximum atomic E-state index is 10.3. The second kappa shape index (κ2) is 17.5. The molecule has 11 rings (SSSR count). The number of rotatable bonds is 8. The first-order chi connectivity index (χ1) is 33.7. The van der Waals surface area contributed by atoms with Crippen LogP contribution in [0.5, 0.6) is 0 Å². The third kappa shape index (κ3) is 7.91. The van der Waals surface area contributed by atoms with E-state index in [0.29, 0.717) is 28.6 Å². The smallest absolute Gasteiger partial charge is 0.164 e. The van der Waals surface area contributed by atoms with Gasteiger partial charge in [-0.15, -0.1) is 0 Å². The summed E-state index contributed by atoms with van der Waals surface area (Å²) in [6.07, 6.45) is 0. The van der Waals surface area contributed by atoms with Crippen molar-refractivity contribution >= 4 is 21.8 Å². The van der Waals surface area contributed by atoms with Gasteiger partial charge in [0.1, 0.15) is 0 Å². The molecule has 11 aromatic rings. The molecule has 326 valence electrons. The fraction of sp³-hybridized carbons (Fsp3) is 0.0635. The second-order valence-corrected chi connectivity index (χ2v) is 17.8. The van der Waals surface area contributed by atoms with E-state index in [0.717, 1.165) is 77.6 Å². The highest BCUT2D eigenvalue weighted by atomic mass is 15.0. The van der Waals surface area contributed by atoms with E-state index in [1.165, 1.54) is 33.4 Å². The monoisotopic (exact) mass is 884 g/mol. The SMILES string of the molecule is Cc1ccc(-c2ccc3c(c2)c2cc(-c4ccc(C)cc4C)ccc2n3-c2c(-c3cccc(C#N)c3)cc(-c3nc(-c4ccccc4)nc(-c4ccccc4)n3)cc2-c2cccc(C#N)c2)c(C)c1. The molecule has 0 N–H and O–H groups in total. The van der Waals surface area contributed by atoms with Gasteiger partial charge in [-0.25, -0.2) is 15.0 Å². The molecule has 0 radical (unpaired) electrons. The number of aryl methyl sites for hydroxylation is 4. The highest BCUT2D eigenvalue weighted by Crippen LogP contribution is 2.46. The van der Waals surface area contributed by atoms with Crippen LogP contribution in [-0.2, 0) is 0 Å². The molecule has 0 bridgehead atoms. The van der Waals surface area contributed by atoms with Crippen molar-refractivity contribution in [1.82, 2.24) is 19.5 Å². The molecule has 0 saturated carbocycles. The molecule has 69 heavy (non-hydrogen) atoms. The van der Waals surface area contributed by atoms with Crippen molar-refractivity contribution in [2.75, 3.05) is 0 Å². The van der Waals surface area contributed by atoms with E-state index < -0.39 is 0 Å². The zero-order chi connectivity index (χ0) is 47.2. The van der Waals surface area contributed by atoms with Crippen molar-refractivity contribution in [3.63, 3.8) is 0 Å². The molecule has 0 saturated heterocycles. The first-order valence-electron chi connectivity index (χ1n) is 23.0. The van der Waals surface area contributed by atoms with E-state index in [1.807, 2.05) is 97.1 Å². The van der Waals surface area contributed by atoms with E-state index >= 15 is 0 Å². The van der Waals surface area contributed by atoms with Crippen molar-refractivity contribution in [1.29, 1.82) is 10.5 Å². The maximum absolute atomic E-state index is 10.3. The summed E-state index contributed by atoms with van der Waals surface area (Å²) >= 11 is 0. The zero-order valence-corrected chi connectivity index (χ0v) is 38.7. The molecular weight excluding hydrogens is 841 g/mol. The summed E-state index contributed by atoms with van der Waals surface area (Å²) in [5, 5.41) is 22.9. The van der Waals surface area contributed by atoms with Gasteiger partial charge in [-0.05, 0) is 133 Å². The molecule has 0 aliphatic heterocycles. The summed E-state index contributed by atoms with van der Waals surface area (Å²) in [7, 11) is 0.